The third-order valence-corrected chi connectivity index (χ3v) is 4.16. The topological polar surface area (TPSA) is 84.5 Å². The average molecular weight is 368 g/mol. The maximum absolute atomic E-state index is 12.7. The number of benzene rings is 2. The maximum atomic E-state index is 12.7. The van der Waals surface area contributed by atoms with Crippen LogP contribution in [0.2, 0.25) is 0 Å². The molecule has 2 aromatic carbocycles. The van der Waals surface area contributed by atoms with Crippen LogP contribution in [0.1, 0.15) is 35.3 Å². The molecule has 0 bridgehead atoms. The lowest BCUT2D eigenvalue weighted by atomic mass is 9.90. The number of anilines is 2. The van der Waals surface area contributed by atoms with Gasteiger partial charge in [0.15, 0.2) is 0 Å². The Hall–Kier alpha value is -3.15. The summed E-state index contributed by atoms with van der Waals surface area (Å²) in [6.45, 7) is 6.97. The van der Waals surface area contributed by atoms with Crippen molar-refractivity contribution in [1.82, 2.24) is 0 Å². The molecule has 0 aliphatic carbocycles. The highest BCUT2D eigenvalue weighted by molar-refractivity contribution is 6.14. The van der Waals surface area contributed by atoms with Crippen LogP contribution in [0.4, 0.5) is 11.4 Å². The van der Waals surface area contributed by atoms with Gasteiger partial charge in [-0.05, 0) is 69.2 Å². The predicted molar refractivity (Wildman–Crippen MR) is 105 cm³/mol. The highest BCUT2D eigenvalue weighted by Gasteiger charge is 2.36. The second kappa shape index (κ2) is 8.03. The molecule has 0 aromatic heterocycles. The summed E-state index contributed by atoms with van der Waals surface area (Å²) < 4.78 is 4.67. The van der Waals surface area contributed by atoms with Gasteiger partial charge in [-0.2, -0.15) is 0 Å². The molecule has 2 N–H and O–H groups in total. The Morgan fingerprint density at radius 3 is 1.96 bits per heavy atom. The smallest absolute Gasteiger partial charge is 0.337 e. The van der Waals surface area contributed by atoms with Crippen LogP contribution in [-0.4, -0.2) is 24.9 Å². The standard InChI is InChI=1S/C21H24N2O4/c1-13-9-14(2)11-17(10-13)23-20(26)21(3,4)19(25)22-16-8-6-7-15(12-16)18(24)27-5/h6-12H,1-5H3,(H,22,25)(H,23,26). The van der Waals surface area contributed by atoms with Crippen LogP contribution in [0.3, 0.4) is 0 Å². The Balaban J connectivity index is 2.14. The van der Waals surface area contributed by atoms with Crippen LogP contribution >= 0.6 is 0 Å². The fourth-order valence-corrected chi connectivity index (χ4v) is 2.57. The normalized spacial score (nSPS) is 10.9. The molecule has 2 aromatic rings. The van der Waals surface area contributed by atoms with Crippen LogP contribution in [0.15, 0.2) is 42.5 Å². The molecule has 0 heterocycles. The summed E-state index contributed by atoms with van der Waals surface area (Å²) in [7, 11) is 1.29. The third kappa shape index (κ3) is 4.94. The number of nitrogens with one attached hydrogen (secondary N) is 2. The number of rotatable bonds is 5. The van der Waals surface area contributed by atoms with Crippen LogP contribution in [0.25, 0.3) is 0 Å². The van der Waals surface area contributed by atoms with Crippen LogP contribution in [-0.2, 0) is 14.3 Å². The molecule has 142 valence electrons. The van der Waals surface area contributed by atoms with Gasteiger partial charge in [0.1, 0.15) is 5.41 Å². The van der Waals surface area contributed by atoms with E-state index in [1.54, 1.807) is 32.0 Å². The number of ether oxygens (including phenoxy) is 1. The molecule has 6 nitrogen and oxygen atoms in total. The van der Waals surface area contributed by atoms with Crippen molar-refractivity contribution in [2.75, 3.05) is 17.7 Å². The minimum Gasteiger partial charge on any atom is -0.465 e. The number of amides is 2. The first-order valence-corrected chi connectivity index (χ1v) is 8.53. The van der Waals surface area contributed by atoms with E-state index in [1.807, 2.05) is 32.0 Å². The number of aryl methyl sites for hydroxylation is 2. The number of hydrogen-bond acceptors (Lipinski definition) is 4. The van der Waals surface area contributed by atoms with Gasteiger partial charge in [-0.3, -0.25) is 9.59 Å². The van der Waals surface area contributed by atoms with Gasteiger partial charge in [-0.25, -0.2) is 4.79 Å². The Kier molecular flexibility index (Phi) is 6.00. The van der Waals surface area contributed by atoms with Gasteiger partial charge in [0.05, 0.1) is 12.7 Å². The lowest BCUT2D eigenvalue weighted by molar-refractivity contribution is -0.135. The van der Waals surface area contributed by atoms with Gasteiger partial charge in [0.25, 0.3) is 0 Å². The Morgan fingerprint density at radius 2 is 1.41 bits per heavy atom. The summed E-state index contributed by atoms with van der Waals surface area (Å²) >= 11 is 0. The third-order valence-electron chi connectivity index (χ3n) is 4.16. The molecule has 2 amide bonds. The number of carbonyl (C=O) groups is 3. The van der Waals surface area contributed by atoms with Crippen molar-refractivity contribution in [2.45, 2.75) is 27.7 Å². The van der Waals surface area contributed by atoms with Gasteiger partial charge < -0.3 is 15.4 Å². The minimum atomic E-state index is -1.32. The SMILES string of the molecule is COC(=O)c1cccc(NC(=O)C(C)(C)C(=O)Nc2cc(C)cc(C)c2)c1. The van der Waals surface area contributed by atoms with Crippen molar-refractivity contribution in [3.05, 3.63) is 59.2 Å². The number of carbonyl (C=O) groups excluding carboxylic acids is 3. The molecule has 0 saturated heterocycles. The lowest BCUT2D eigenvalue weighted by Gasteiger charge is -2.23. The second-order valence-electron chi connectivity index (χ2n) is 6.98. The largest absolute Gasteiger partial charge is 0.465 e. The van der Waals surface area contributed by atoms with E-state index in [0.29, 0.717) is 16.9 Å². The molecule has 0 spiro atoms. The second-order valence-corrected chi connectivity index (χ2v) is 6.98. The first kappa shape index (κ1) is 20.2. The molecule has 6 heteroatoms. The average Bonchev–Trinajstić information content (AvgIpc) is 2.60. The van der Waals surface area contributed by atoms with E-state index >= 15 is 0 Å². The first-order valence-electron chi connectivity index (χ1n) is 8.53. The molecule has 0 aliphatic rings. The monoisotopic (exact) mass is 368 g/mol. The van der Waals surface area contributed by atoms with Crippen molar-refractivity contribution in [3.8, 4) is 0 Å². The number of hydrogen-bond donors (Lipinski definition) is 2. The molecular weight excluding hydrogens is 344 g/mol. The summed E-state index contributed by atoms with van der Waals surface area (Å²) in [5.41, 5.74) is 2.09. The van der Waals surface area contributed by atoms with Gasteiger partial charge in [0, 0.05) is 11.4 Å². The zero-order valence-electron chi connectivity index (χ0n) is 16.2. The fourth-order valence-electron chi connectivity index (χ4n) is 2.57. The summed E-state index contributed by atoms with van der Waals surface area (Å²) in [6.07, 6.45) is 0. The van der Waals surface area contributed by atoms with E-state index in [1.165, 1.54) is 13.2 Å². The minimum absolute atomic E-state index is 0.313. The maximum Gasteiger partial charge on any atom is 0.337 e. The number of esters is 1. The van der Waals surface area contributed by atoms with Crippen LogP contribution in [0, 0.1) is 19.3 Å². The molecular formula is C21H24N2O4. The summed E-state index contributed by atoms with van der Waals surface area (Å²) in [5.74, 6) is -1.40. The van der Waals surface area contributed by atoms with E-state index < -0.39 is 23.2 Å². The molecule has 0 fully saturated rings. The van der Waals surface area contributed by atoms with Crippen LogP contribution in [0.5, 0.6) is 0 Å². The van der Waals surface area contributed by atoms with E-state index in [2.05, 4.69) is 15.4 Å². The summed E-state index contributed by atoms with van der Waals surface area (Å²) in [4.78, 5) is 36.9. The Labute approximate surface area is 158 Å². The molecule has 0 saturated carbocycles. The van der Waals surface area contributed by atoms with Gasteiger partial charge >= 0.3 is 5.97 Å². The van der Waals surface area contributed by atoms with E-state index in [-0.39, 0.29) is 0 Å². The highest BCUT2D eigenvalue weighted by atomic mass is 16.5. The van der Waals surface area contributed by atoms with E-state index in [0.717, 1.165) is 11.1 Å². The van der Waals surface area contributed by atoms with Gasteiger partial charge in [0.2, 0.25) is 11.8 Å². The molecule has 0 radical (unpaired) electrons. The molecule has 2 rings (SSSR count). The van der Waals surface area contributed by atoms with Crippen molar-refractivity contribution >= 4 is 29.2 Å². The Morgan fingerprint density at radius 1 is 0.852 bits per heavy atom. The zero-order chi connectivity index (χ0) is 20.2. The molecule has 0 unspecified atom stereocenters. The van der Waals surface area contributed by atoms with Crippen LogP contribution < -0.4 is 10.6 Å². The highest BCUT2D eigenvalue weighted by Crippen LogP contribution is 2.23. The molecule has 0 atom stereocenters. The predicted octanol–water partition coefficient (Wildman–Crippen LogP) is 3.69. The zero-order valence-corrected chi connectivity index (χ0v) is 16.2. The van der Waals surface area contributed by atoms with Crippen molar-refractivity contribution in [2.24, 2.45) is 5.41 Å². The lowest BCUT2D eigenvalue weighted by Crippen LogP contribution is -2.41. The molecule has 27 heavy (non-hydrogen) atoms. The summed E-state index contributed by atoms with van der Waals surface area (Å²) in [6, 6.07) is 12.0. The Bertz CT molecular complexity index is 867. The van der Waals surface area contributed by atoms with Crippen molar-refractivity contribution in [1.29, 1.82) is 0 Å². The molecule has 0 aliphatic heterocycles. The van der Waals surface area contributed by atoms with Gasteiger partial charge in [-0.1, -0.05) is 12.1 Å². The van der Waals surface area contributed by atoms with E-state index in [4.69, 9.17) is 0 Å². The van der Waals surface area contributed by atoms with Crippen molar-refractivity contribution in [3.63, 3.8) is 0 Å². The first-order chi connectivity index (χ1) is 12.6. The summed E-state index contributed by atoms with van der Waals surface area (Å²) in [5, 5.41) is 5.48. The van der Waals surface area contributed by atoms with Gasteiger partial charge in [-0.15, -0.1) is 0 Å². The fraction of sp³-hybridized carbons (Fsp3) is 0.286. The van der Waals surface area contributed by atoms with Crippen molar-refractivity contribution < 1.29 is 19.1 Å². The number of methoxy groups -OCH3 is 1. The quantitative estimate of drug-likeness (QED) is 0.623. The van der Waals surface area contributed by atoms with E-state index in [9.17, 15) is 14.4 Å².